The van der Waals surface area contributed by atoms with Crippen molar-refractivity contribution in [3.05, 3.63) is 47.8 Å². The Kier molecular flexibility index (Phi) is 5.08. The zero-order valence-electron chi connectivity index (χ0n) is 10.7. The van der Waals surface area contributed by atoms with Gasteiger partial charge in [-0.1, -0.05) is 46.6 Å². The van der Waals surface area contributed by atoms with E-state index in [2.05, 4.69) is 15.9 Å². The summed E-state index contributed by atoms with van der Waals surface area (Å²) in [7, 11) is 0. The smallest absolute Gasteiger partial charge is 0.163 e. The average molecular weight is 323 g/mol. The molecule has 0 N–H and O–H groups in total. The zero-order valence-corrected chi connectivity index (χ0v) is 12.2. The van der Waals surface area contributed by atoms with Gasteiger partial charge in [-0.05, 0) is 30.4 Å². The van der Waals surface area contributed by atoms with Crippen molar-refractivity contribution in [1.29, 1.82) is 0 Å². The van der Waals surface area contributed by atoms with E-state index in [1.54, 1.807) is 18.2 Å². The van der Waals surface area contributed by atoms with Crippen molar-refractivity contribution in [2.24, 2.45) is 0 Å². The maximum absolute atomic E-state index is 13.7. The molecule has 2 aromatic rings. The van der Waals surface area contributed by atoms with Crippen molar-refractivity contribution >= 4 is 32.5 Å². The molecule has 2 aromatic carbocycles. The molecule has 0 aromatic heterocycles. The minimum absolute atomic E-state index is 0.103. The van der Waals surface area contributed by atoms with Gasteiger partial charge in [-0.3, -0.25) is 4.79 Å². The fraction of sp³-hybridized carbons (Fsp3) is 0.312. The summed E-state index contributed by atoms with van der Waals surface area (Å²) >= 11 is 3.38. The molecule has 2 rings (SSSR count). The minimum Gasteiger partial charge on any atom is -0.294 e. The molecule has 0 amide bonds. The minimum atomic E-state index is -0.272. The number of benzene rings is 2. The van der Waals surface area contributed by atoms with E-state index in [1.807, 2.05) is 12.1 Å². The summed E-state index contributed by atoms with van der Waals surface area (Å²) in [6.07, 6.45) is 3.53. The molecule has 1 nitrogen and oxygen atoms in total. The topological polar surface area (TPSA) is 17.1 Å². The molecule has 0 unspecified atom stereocenters. The van der Waals surface area contributed by atoms with E-state index in [-0.39, 0.29) is 11.6 Å². The first kappa shape index (κ1) is 14.2. The van der Waals surface area contributed by atoms with Crippen LogP contribution in [-0.2, 0) is 0 Å². The summed E-state index contributed by atoms with van der Waals surface area (Å²) in [5.41, 5.74) is 0.635. The first-order valence-electron chi connectivity index (χ1n) is 6.50. The van der Waals surface area contributed by atoms with Gasteiger partial charge in [-0.15, -0.1) is 0 Å². The predicted octanol–water partition coefficient (Wildman–Crippen LogP) is 5.12. The molecule has 0 atom stereocenters. The number of halogens is 2. The fourth-order valence-corrected chi connectivity index (χ4v) is 2.59. The van der Waals surface area contributed by atoms with Crippen molar-refractivity contribution in [3.8, 4) is 0 Å². The number of hydrogen-bond donors (Lipinski definition) is 0. The van der Waals surface area contributed by atoms with Crippen LogP contribution in [0.25, 0.3) is 10.8 Å². The van der Waals surface area contributed by atoms with E-state index in [9.17, 15) is 9.18 Å². The van der Waals surface area contributed by atoms with Gasteiger partial charge in [0.25, 0.3) is 0 Å². The van der Waals surface area contributed by atoms with Crippen LogP contribution in [0.5, 0.6) is 0 Å². The maximum Gasteiger partial charge on any atom is 0.163 e. The first-order valence-corrected chi connectivity index (χ1v) is 7.62. The molecule has 0 radical (unpaired) electrons. The molecule has 0 spiro atoms. The maximum atomic E-state index is 13.7. The van der Waals surface area contributed by atoms with Crippen LogP contribution in [0.3, 0.4) is 0 Å². The van der Waals surface area contributed by atoms with Crippen LogP contribution in [-0.4, -0.2) is 11.1 Å². The van der Waals surface area contributed by atoms with Gasteiger partial charge in [0.2, 0.25) is 0 Å². The molecule has 0 heterocycles. The number of Topliss-reactive ketones (excluding diaryl/α,β-unsaturated/α-hetero) is 1. The number of ketones is 1. The summed E-state index contributed by atoms with van der Waals surface area (Å²) in [6, 6.07) is 10.1. The number of rotatable bonds is 6. The lowest BCUT2D eigenvalue weighted by atomic mass is 9.98. The molecule has 0 aliphatic heterocycles. The second-order valence-electron chi connectivity index (χ2n) is 4.56. The Balaban J connectivity index is 2.20. The largest absolute Gasteiger partial charge is 0.294 e. The standard InChI is InChI=1S/C16H16BrFO/c17-11-5-1-2-8-16(19)14-9-10-15(18)13-7-4-3-6-12(13)14/h3-4,6-7,9-10H,1-2,5,8,11H2. The quantitative estimate of drug-likeness (QED) is 0.410. The highest BCUT2D eigenvalue weighted by atomic mass is 79.9. The predicted molar refractivity (Wildman–Crippen MR) is 80.5 cm³/mol. The SMILES string of the molecule is O=C(CCCCCBr)c1ccc(F)c2ccccc12. The van der Waals surface area contributed by atoms with Crippen LogP contribution >= 0.6 is 15.9 Å². The summed E-state index contributed by atoms with van der Waals surface area (Å²) in [4.78, 5) is 12.2. The number of fused-ring (bicyclic) bond motifs is 1. The lowest BCUT2D eigenvalue weighted by Crippen LogP contribution is -2.01. The first-order chi connectivity index (χ1) is 9.24. The van der Waals surface area contributed by atoms with E-state index < -0.39 is 0 Å². The average Bonchev–Trinajstić information content (AvgIpc) is 2.44. The van der Waals surface area contributed by atoms with Crippen LogP contribution < -0.4 is 0 Å². The Labute approximate surface area is 120 Å². The number of carbonyl (C=O) groups is 1. The van der Waals surface area contributed by atoms with Crippen molar-refractivity contribution in [2.75, 3.05) is 5.33 Å². The van der Waals surface area contributed by atoms with E-state index in [0.717, 1.165) is 24.6 Å². The van der Waals surface area contributed by atoms with Gasteiger partial charge < -0.3 is 0 Å². The molecule has 0 aliphatic carbocycles. The highest BCUT2D eigenvalue weighted by Gasteiger charge is 2.11. The molecular formula is C16H16BrFO. The monoisotopic (exact) mass is 322 g/mol. The number of unbranched alkanes of at least 4 members (excludes halogenated alkanes) is 2. The lowest BCUT2D eigenvalue weighted by Gasteiger charge is -2.06. The summed E-state index contributed by atoms with van der Waals surface area (Å²) in [6.45, 7) is 0. The molecule has 0 bridgehead atoms. The summed E-state index contributed by atoms with van der Waals surface area (Å²) in [5, 5.41) is 2.21. The number of hydrogen-bond acceptors (Lipinski definition) is 1. The Morgan fingerprint density at radius 2 is 1.74 bits per heavy atom. The third-order valence-electron chi connectivity index (χ3n) is 3.21. The second-order valence-corrected chi connectivity index (χ2v) is 5.36. The second kappa shape index (κ2) is 6.80. The molecule has 100 valence electrons. The normalized spacial score (nSPS) is 10.8. The Bertz CT molecular complexity index is 580. The van der Waals surface area contributed by atoms with Crippen LogP contribution in [0.2, 0.25) is 0 Å². The third-order valence-corrected chi connectivity index (χ3v) is 3.77. The highest BCUT2D eigenvalue weighted by Crippen LogP contribution is 2.23. The van der Waals surface area contributed by atoms with E-state index in [4.69, 9.17) is 0 Å². The van der Waals surface area contributed by atoms with Gasteiger partial charge in [0, 0.05) is 22.7 Å². The highest BCUT2D eigenvalue weighted by molar-refractivity contribution is 9.09. The van der Waals surface area contributed by atoms with Crippen molar-refractivity contribution < 1.29 is 9.18 Å². The Hall–Kier alpha value is -1.22. The Morgan fingerprint density at radius 1 is 1.00 bits per heavy atom. The molecule has 0 saturated heterocycles. The molecule has 0 aliphatic rings. The summed E-state index contributed by atoms with van der Waals surface area (Å²) < 4.78 is 13.7. The Morgan fingerprint density at radius 3 is 2.47 bits per heavy atom. The molecule has 0 fully saturated rings. The molecular weight excluding hydrogens is 307 g/mol. The van der Waals surface area contributed by atoms with Crippen molar-refractivity contribution in [2.45, 2.75) is 25.7 Å². The molecule has 0 saturated carbocycles. The van der Waals surface area contributed by atoms with Crippen LogP contribution in [0.1, 0.15) is 36.0 Å². The number of carbonyl (C=O) groups excluding carboxylic acids is 1. The lowest BCUT2D eigenvalue weighted by molar-refractivity contribution is 0.0981. The molecule has 3 heteroatoms. The fourth-order valence-electron chi connectivity index (χ4n) is 2.20. The van der Waals surface area contributed by atoms with Gasteiger partial charge in [-0.2, -0.15) is 0 Å². The van der Waals surface area contributed by atoms with Crippen molar-refractivity contribution in [1.82, 2.24) is 0 Å². The molecule has 19 heavy (non-hydrogen) atoms. The van der Waals surface area contributed by atoms with E-state index >= 15 is 0 Å². The van der Waals surface area contributed by atoms with Crippen molar-refractivity contribution in [3.63, 3.8) is 0 Å². The van der Waals surface area contributed by atoms with Gasteiger partial charge >= 0.3 is 0 Å². The van der Waals surface area contributed by atoms with Crippen LogP contribution in [0.4, 0.5) is 4.39 Å². The number of alkyl halides is 1. The van der Waals surface area contributed by atoms with Gasteiger partial charge in [0.05, 0.1) is 0 Å². The third kappa shape index (κ3) is 3.41. The van der Waals surface area contributed by atoms with Gasteiger partial charge in [0.1, 0.15) is 5.82 Å². The van der Waals surface area contributed by atoms with E-state index in [0.29, 0.717) is 22.8 Å². The zero-order chi connectivity index (χ0) is 13.7. The van der Waals surface area contributed by atoms with Crippen LogP contribution in [0, 0.1) is 5.82 Å². The van der Waals surface area contributed by atoms with Gasteiger partial charge in [-0.25, -0.2) is 4.39 Å². The van der Waals surface area contributed by atoms with E-state index in [1.165, 1.54) is 6.07 Å². The summed E-state index contributed by atoms with van der Waals surface area (Å²) in [5.74, 6) is -0.169. The van der Waals surface area contributed by atoms with Gasteiger partial charge in [0.15, 0.2) is 5.78 Å². The van der Waals surface area contributed by atoms with Crippen LogP contribution in [0.15, 0.2) is 36.4 Å².